The molecule has 0 saturated carbocycles. The fraction of sp³-hybridized carbons (Fsp3) is 0.273. The molecule has 0 aromatic rings. The van der Waals surface area contributed by atoms with Crippen LogP contribution in [0.3, 0.4) is 0 Å². The van der Waals surface area contributed by atoms with Crippen LogP contribution in [-0.4, -0.2) is 0 Å². The van der Waals surface area contributed by atoms with E-state index in [0.29, 0.717) is 11.7 Å². The van der Waals surface area contributed by atoms with Crippen molar-refractivity contribution in [2.24, 2.45) is 17.4 Å². The number of hydrogen-bond donors (Lipinski definition) is 2. The van der Waals surface area contributed by atoms with Crippen LogP contribution in [0.4, 0.5) is 0 Å². The van der Waals surface area contributed by atoms with Gasteiger partial charge in [0.1, 0.15) is 0 Å². The second-order valence-electron chi connectivity index (χ2n) is 3.42. The van der Waals surface area contributed by atoms with Crippen molar-refractivity contribution in [3.8, 4) is 0 Å². The summed E-state index contributed by atoms with van der Waals surface area (Å²) in [6.07, 6.45) is 9.93. The first-order valence-electron chi connectivity index (χ1n) is 4.43. The molecule has 0 heterocycles. The van der Waals surface area contributed by atoms with Crippen molar-refractivity contribution < 1.29 is 0 Å². The van der Waals surface area contributed by atoms with E-state index in [-0.39, 0.29) is 0 Å². The fourth-order valence-corrected chi connectivity index (χ4v) is 1.19. The average molecular weight is 176 g/mol. The average Bonchev–Trinajstić information content (AvgIpc) is 1.92. The molecule has 4 N–H and O–H groups in total. The quantitative estimate of drug-likeness (QED) is 0.644. The van der Waals surface area contributed by atoms with E-state index >= 15 is 0 Å². The molecule has 1 aliphatic rings. The lowest BCUT2D eigenvalue weighted by atomic mass is 9.90. The first kappa shape index (κ1) is 9.65. The van der Waals surface area contributed by atoms with Gasteiger partial charge < -0.3 is 11.5 Å². The van der Waals surface area contributed by atoms with Crippen LogP contribution < -0.4 is 11.5 Å². The highest BCUT2D eigenvalue weighted by molar-refractivity contribution is 5.51. The normalized spacial score (nSPS) is 15.3. The van der Waals surface area contributed by atoms with Gasteiger partial charge in [-0.15, -0.1) is 0 Å². The summed E-state index contributed by atoms with van der Waals surface area (Å²) in [5.74, 6) is 0.842. The summed E-state index contributed by atoms with van der Waals surface area (Å²) in [4.78, 5) is 0. The molecule has 0 spiro atoms. The van der Waals surface area contributed by atoms with Gasteiger partial charge in [0.15, 0.2) is 0 Å². The largest absolute Gasteiger partial charge is 0.386 e. The molecule has 2 heteroatoms. The van der Waals surface area contributed by atoms with E-state index in [1.54, 1.807) is 6.08 Å². The summed E-state index contributed by atoms with van der Waals surface area (Å²) in [6.45, 7) is 4.30. The Labute approximate surface area is 79.3 Å². The first-order valence-corrected chi connectivity index (χ1v) is 4.43. The van der Waals surface area contributed by atoms with Crippen LogP contribution in [0.1, 0.15) is 13.8 Å². The van der Waals surface area contributed by atoms with E-state index in [4.69, 9.17) is 11.5 Å². The van der Waals surface area contributed by atoms with Crippen molar-refractivity contribution in [3.63, 3.8) is 0 Å². The second-order valence-corrected chi connectivity index (χ2v) is 3.42. The molecule has 0 amide bonds. The third-order valence-electron chi connectivity index (χ3n) is 1.96. The number of hydrogen-bond acceptors (Lipinski definition) is 2. The molecule has 0 fully saturated rings. The number of nitrogens with two attached hydrogens (primary N) is 2. The van der Waals surface area contributed by atoms with Gasteiger partial charge in [-0.1, -0.05) is 38.2 Å². The minimum Gasteiger partial charge on any atom is -0.386 e. The van der Waals surface area contributed by atoms with Gasteiger partial charge in [0.05, 0.1) is 5.82 Å². The van der Waals surface area contributed by atoms with Crippen molar-refractivity contribution >= 4 is 0 Å². The highest BCUT2D eigenvalue weighted by atomic mass is 14.8. The maximum atomic E-state index is 5.36. The molecule has 0 atom stereocenters. The molecule has 0 aromatic carbocycles. The van der Waals surface area contributed by atoms with Crippen LogP contribution in [0.25, 0.3) is 0 Å². The topological polar surface area (TPSA) is 52.0 Å². The monoisotopic (exact) mass is 176 g/mol. The van der Waals surface area contributed by atoms with Gasteiger partial charge in [-0.3, -0.25) is 0 Å². The third kappa shape index (κ3) is 2.51. The Balaban J connectivity index is 2.79. The highest BCUT2D eigenvalue weighted by Crippen LogP contribution is 2.24. The van der Waals surface area contributed by atoms with E-state index in [1.165, 1.54) is 11.1 Å². The lowest BCUT2D eigenvalue weighted by Gasteiger charge is -2.15. The van der Waals surface area contributed by atoms with Crippen molar-refractivity contribution in [3.05, 3.63) is 47.3 Å². The minimum absolute atomic E-state index is 0.349. The van der Waals surface area contributed by atoms with Gasteiger partial charge >= 0.3 is 0 Å². The fourth-order valence-electron chi connectivity index (χ4n) is 1.19. The molecular weight excluding hydrogens is 160 g/mol. The van der Waals surface area contributed by atoms with E-state index in [1.807, 2.05) is 12.2 Å². The lowest BCUT2D eigenvalue weighted by molar-refractivity contribution is 0.781. The number of rotatable bonds is 3. The maximum Gasteiger partial charge on any atom is 0.0933 e. The molecular formula is C11H16N2. The molecule has 70 valence electrons. The summed E-state index contributed by atoms with van der Waals surface area (Å²) in [7, 11) is 0. The highest BCUT2D eigenvalue weighted by Gasteiger charge is 2.08. The Kier molecular flexibility index (Phi) is 2.96. The molecule has 0 saturated heterocycles. The molecule has 2 nitrogen and oxygen atoms in total. The standard InChI is InChI=1S/C11H16N2/c1-8(2)10(6-7-11(12)13)9-4-3-5-9/h3-8H,12-13H2,1-2H3/b10-6-. The Morgan fingerprint density at radius 2 is 1.92 bits per heavy atom. The van der Waals surface area contributed by atoms with E-state index in [0.717, 1.165) is 0 Å². The first-order chi connectivity index (χ1) is 6.11. The summed E-state index contributed by atoms with van der Waals surface area (Å²) in [5, 5.41) is 0. The predicted molar refractivity (Wildman–Crippen MR) is 56.6 cm³/mol. The molecule has 0 aliphatic heterocycles. The van der Waals surface area contributed by atoms with Crippen molar-refractivity contribution in [2.45, 2.75) is 13.8 Å². The zero-order valence-corrected chi connectivity index (χ0v) is 8.12. The lowest BCUT2D eigenvalue weighted by Crippen LogP contribution is -2.07. The van der Waals surface area contributed by atoms with Crippen molar-refractivity contribution in [1.29, 1.82) is 0 Å². The Hall–Kier alpha value is -1.44. The van der Waals surface area contributed by atoms with Gasteiger partial charge in [0.2, 0.25) is 0 Å². The zero-order valence-electron chi connectivity index (χ0n) is 8.12. The Bertz CT molecular complexity index is 300. The van der Waals surface area contributed by atoms with Gasteiger partial charge in [0, 0.05) is 0 Å². The molecule has 1 aliphatic carbocycles. The summed E-state index contributed by atoms with van der Waals surface area (Å²) in [6, 6.07) is 0. The summed E-state index contributed by atoms with van der Waals surface area (Å²) < 4.78 is 0. The van der Waals surface area contributed by atoms with Crippen LogP contribution in [-0.2, 0) is 0 Å². The van der Waals surface area contributed by atoms with Crippen LogP contribution in [0.5, 0.6) is 0 Å². The van der Waals surface area contributed by atoms with Crippen molar-refractivity contribution in [2.75, 3.05) is 0 Å². The second kappa shape index (κ2) is 3.99. The van der Waals surface area contributed by atoms with Crippen LogP contribution >= 0.6 is 0 Å². The molecule has 1 rings (SSSR count). The predicted octanol–water partition coefficient (Wildman–Crippen LogP) is 1.82. The third-order valence-corrected chi connectivity index (χ3v) is 1.96. The molecule has 0 radical (unpaired) electrons. The summed E-state index contributed by atoms with van der Waals surface area (Å²) in [5.41, 5.74) is 13.3. The molecule has 13 heavy (non-hydrogen) atoms. The van der Waals surface area contributed by atoms with Gasteiger partial charge in [-0.05, 0) is 23.1 Å². The smallest absolute Gasteiger partial charge is 0.0933 e. The van der Waals surface area contributed by atoms with E-state index in [9.17, 15) is 0 Å². The zero-order chi connectivity index (χ0) is 9.84. The van der Waals surface area contributed by atoms with Gasteiger partial charge in [-0.2, -0.15) is 0 Å². The molecule has 0 unspecified atom stereocenters. The molecule has 0 bridgehead atoms. The molecule has 0 aromatic heterocycles. The van der Waals surface area contributed by atoms with E-state index < -0.39 is 0 Å². The van der Waals surface area contributed by atoms with Gasteiger partial charge in [0.25, 0.3) is 0 Å². The minimum atomic E-state index is 0.349. The van der Waals surface area contributed by atoms with Gasteiger partial charge in [-0.25, -0.2) is 0 Å². The van der Waals surface area contributed by atoms with Crippen LogP contribution in [0, 0.1) is 5.92 Å². The number of allylic oxidation sites excluding steroid dienone is 7. The maximum absolute atomic E-state index is 5.36. The van der Waals surface area contributed by atoms with Crippen LogP contribution in [0.15, 0.2) is 47.3 Å². The van der Waals surface area contributed by atoms with Crippen LogP contribution in [0.2, 0.25) is 0 Å². The SMILES string of the molecule is CC(C)/C(=C/C=C(N)N)C1=CC=C1. The van der Waals surface area contributed by atoms with E-state index in [2.05, 4.69) is 26.0 Å². The Morgan fingerprint density at radius 3 is 2.23 bits per heavy atom. The Morgan fingerprint density at radius 1 is 1.31 bits per heavy atom. The summed E-state index contributed by atoms with van der Waals surface area (Å²) >= 11 is 0. The van der Waals surface area contributed by atoms with Crippen molar-refractivity contribution in [1.82, 2.24) is 0 Å².